The number of amides is 2. The van der Waals surface area contributed by atoms with Gasteiger partial charge in [-0.3, -0.25) is 9.59 Å². The van der Waals surface area contributed by atoms with E-state index in [-0.39, 0.29) is 12.4 Å². The van der Waals surface area contributed by atoms with Gasteiger partial charge in [-0.05, 0) is 47.9 Å². The van der Waals surface area contributed by atoms with Crippen molar-refractivity contribution in [3.63, 3.8) is 0 Å². The summed E-state index contributed by atoms with van der Waals surface area (Å²) in [5.41, 5.74) is 3.56. The SMILES string of the molecule is CCCNC(=O)C(=O)N/N=C\c1ccc(OCc2ccc(F)cc2)c(Cl)c1. The van der Waals surface area contributed by atoms with Gasteiger partial charge in [0.15, 0.2) is 0 Å². The fourth-order valence-corrected chi connectivity index (χ4v) is 2.23. The number of ether oxygens (including phenoxy) is 1. The number of hydrazone groups is 1. The van der Waals surface area contributed by atoms with Gasteiger partial charge in [-0.25, -0.2) is 9.82 Å². The molecule has 2 aromatic rings. The monoisotopic (exact) mass is 391 g/mol. The lowest BCUT2D eigenvalue weighted by Crippen LogP contribution is -2.38. The van der Waals surface area contributed by atoms with Crippen LogP contribution in [-0.4, -0.2) is 24.6 Å². The van der Waals surface area contributed by atoms with Crippen LogP contribution < -0.4 is 15.5 Å². The summed E-state index contributed by atoms with van der Waals surface area (Å²) in [5, 5.41) is 6.52. The molecule has 2 rings (SSSR count). The minimum Gasteiger partial charge on any atom is -0.487 e. The topological polar surface area (TPSA) is 79.8 Å². The predicted molar refractivity (Wildman–Crippen MR) is 101 cm³/mol. The van der Waals surface area contributed by atoms with E-state index in [0.29, 0.717) is 22.9 Å². The molecule has 2 amide bonds. The van der Waals surface area contributed by atoms with E-state index >= 15 is 0 Å². The maximum atomic E-state index is 12.9. The highest BCUT2D eigenvalue weighted by Crippen LogP contribution is 2.25. The molecule has 0 saturated carbocycles. The van der Waals surface area contributed by atoms with Crippen LogP contribution in [0.25, 0.3) is 0 Å². The molecule has 0 bridgehead atoms. The van der Waals surface area contributed by atoms with E-state index in [9.17, 15) is 14.0 Å². The van der Waals surface area contributed by atoms with Crippen molar-refractivity contribution in [3.05, 3.63) is 64.4 Å². The van der Waals surface area contributed by atoms with E-state index in [2.05, 4.69) is 15.8 Å². The molecule has 0 spiro atoms. The van der Waals surface area contributed by atoms with Crippen molar-refractivity contribution in [1.29, 1.82) is 0 Å². The summed E-state index contributed by atoms with van der Waals surface area (Å²) in [6.07, 6.45) is 2.09. The van der Waals surface area contributed by atoms with Crippen molar-refractivity contribution in [2.75, 3.05) is 6.54 Å². The summed E-state index contributed by atoms with van der Waals surface area (Å²) in [5.74, 6) is -1.43. The fourth-order valence-electron chi connectivity index (χ4n) is 1.99. The third-order valence-corrected chi connectivity index (χ3v) is 3.68. The molecular formula is C19H19ClFN3O3. The first-order valence-corrected chi connectivity index (χ1v) is 8.65. The van der Waals surface area contributed by atoms with Crippen molar-refractivity contribution in [2.24, 2.45) is 5.10 Å². The van der Waals surface area contributed by atoms with Crippen LogP contribution in [0.1, 0.15) is 24.5 Å². The quantitative estimate of drug-likeness (QED) is 0.432. The minimum absolute atomic E-state index is 0.246. The highest BCUT2D eigenvalue weighted by atomic mass is 35.5. The van der Waals surface area contributed by atoms with Gasteiger partial charge in [0, 0.05) is 6.54 Å². The molecule has 0 heterocycles. The average Bonchev–Trinajstić information content (AvgIpc) is 2.66. The molecule has 0 saturated heterocycles. The summed E-state index contributed by atoms with van der Waals surface area (Å²) < 4.78 is 18.5. The van der Waals surface area contributed by atoms with E-state index in [4.69, 9.17) is 16.3 Å². The molecule has 0 radical (unpaired) electrons. The average molecular weight is 392 g/mol. The minimum atomic E-state index is -0.843. The fraction of sp³-hybridized carbons (Fsp3) is 0.211. The number of carbonyl (C=O) groups excluding carboxylic acids is 2. The zero-order chi connectivity index (χ0) is 19.6. The summed E-state index contributed by atoms with van der Waals surface area (Å²) in [6, 6.07) is 10.9. The smallest absolute Gasteiger partial charge is 0.329 e. The Bertz CT molecular complexity index is 825. The largest absolute Gasteiger partial charge is 0.487 e. The standard InChI is InChI=1S/C19H19ClFN3O3/c1-2-9-22-18(25)19(26)24-23-11-14-5-8-17(16(20)10-14)27-12-13-3-6-15(21)7-4-13/h3-8,10-11H,2,9,12H2,1H3,(H,22,25)(H,24,26)/b23-11-. The van der Waals surface area contributed by atoms with Gasteiger partial charge >= 0.3 is 11.8 Å². The van der Waals surface area contributed by atoms with Gasteiger partial charge in [-0.2, -0.15) is 5.10 Å². The molecular weight excluding hydrogens is 373 g/mol. The molecule has 27 heavy (non-hydrogen) atoms. The number of halogens is 2. The highest BCUT2D eigenvalue weighted by Gasteiger charge is 2.10. The third-order valence-electron chi connectivity index (χ3n) is 3.39. The van der Waals surface area contributed by atoms with Crippen molar-refractivity contribution in [2.45, 2.75) is 20.0 Å². The molecule has 2 aromatic carbocycles. The molecule has 0 fully saturated rings. The molecule has 0 aliphatic heterocycles. The molecule has 142 valence electrons. The van der Waals surface area contributed by atoms with E-state index < -0.39 is 11.8 Å². The Morgan fingerprint density at radius 3 is 2.59 bits per heavy atom. The van der Waals surface area contributed by atoms with Gasteiger partial charge in [0.1, 0.15) is 18.2 Å². The molecule has 0 aliphatic carbocycles. The molecule has 0 aliphatic rings. The van der Waals surface area contributed by atoms with Gasteiger partial charge in [-0.1, -0.05) is 30.7 Å². The Morgan fingerprint density at radius 1 is 1.19 bits per heavy atom. The highest BCUT2D eigenvalue weighted by molar-refractivity contribution is 6.35. The molecule has 0 aromatic heterocycles. The zero-order valence-electron chi connectivity index (χ0n) is 14.7. The lowest BCUT2D eigenvalue weighted by Gasteiger charge is -2.08. The number of hydrogen-bond donors (Lipinski definition) is 2. The first kappa shape index (κ1) is 20.4. The predicted octanol–water partition coefficient (Wildman–Crippen LogP) is 3.03. The van der Waals surface area contributed by atoms with E-state index in [1.807, 2.05) is 6.92 Å². The summed E-state index contributed by atoms with van der Waals surface area (Å²) in [6.45, 7) is 2.55. The second-order valence-corrected chi connectivity index (χ2v) is 5.97. The molecule has 2 N–H and O–H groups in total. The lowest BCUT2D eigenvalue weighted by atomic mass is 10.2. The van der Waals surface area contributed by atoms with E-state index in [0.717, 1.165) is 12.0 Å². The Balaban J connectivity index is 1.88. The third kappa shape index (κ3) is 6.71. The number of carbonyl (C=O) groups is 2. The summed E-state index contributed by atoms with van der Waals surface area (Å²) in [7, 11) is 0. The Kier molecular flexibility index (Phi) is 7.76. The maximum Gasteiger partial charge on any atom is 0.329 e. The molecule has 8 heteroatoms. The van der Waals surface area contributed by atoms with Crippen LogP contribution in [-0.2, 0) is 16.2 Å². The number of hydrogen-bond acceptors (Lipinski definition) is 4. The van der Waals surface area contributed by atoms with Crippen LogP contribution >= 0.6 is 11.6 Å². The number of benzene rings is 2. The van der Waals surface area contributed by atoms with Gasteiger partial charge < -0.3 is 10.1 Å². The van der Waals surface area contributed by atoms with Crippen molar-refractivity contribution in [3.8, 4) is 5.75 Å². The number of rotatable bonds is 7. The maximum absolute atomic E-state index is 12.9. The molecule has 0 atom stereocenters. The van der Waals surface area contributed by atoms with Gasteiger partial charge in [0.2, 0.25) is 0 Å². The van der Waals surface area contributed by atoms with Gasteiger partial charge in [0.05, 0.1) is 11.2 Å². The Morgan fingerprint density at radius 2 is 1.93 bits per heavy atom. The number of nitrogens with one attached hydrogen (secondary N) is 2. The molecule has 6 nitrogen and oxygen atoms in total. The van der Waals surface area contributed by atoms with Crippen LogP contribution in [0.4, 0.5) is 4.39 Å². The first-order valence-electron chi connectivity index (χ1n) is 8.27. The van der Waals surface area contributed by atoms with Crippen LogP contribution in [0.3, 0.4) is 0 Å². The van der Waals surface area contributed by atoms with Crippen molar-refractivity contribution < 1.29 is 18.7 Å². The lowest BCUT2D eigenvalue weighted by molar-refractivity contribution is -0.139. The summed E-state index contributed by atoms with van der Waals surface area (Å²) in [4.78, 5) is 22.9. The Labute approximate surface area is 161 Å². The van der Waals surface area contributed by atoms with Crippen LogP contribution in [0.5, 0.6) is 5.75 Å². The first-order chi connectivity index (χ1) is 13.0. The second-order valence-electron chi connectivity index (χ2n) is 5.56. The Hall–Kier alpha value is -2.93. The van der Waals surface area contributed by atoms with Crippen molar-refractivity contribution in [1.82, 2.24) is 10.7 Å². The molecule has 0 unspecified atom stereocenters. The van der Waals surface area contributed by atoms with Crippen LogP contribution in [0.15, 0.2) is 47.6 Å². The van der Waals surface area contributed by atoms with Crippen molar-refractivity contribution >= 4 is 29.6 Å². The van der Waals surface area contributed by atoms with E-state index in [1.54, 1.807) is 30.3 Å². The summed E-state index contributed by atoms with van der Waals surface area (Å²) >= 11 is 6.17. The van der Waals surface area contributed by atoms with Crippen LogP contribution in [0, 0.1) is 5.82 Å². The van der Waals surface area contributed by atoms with E-state index in [1.165, 1.54) is 18.3 Å². The van der Waals surface area contributed by atoms with Gasteiger partial charge in [0.25, 0.3) is 0 Å². The van der Waals surface area contributed by atoms with Crippen LogP contribution in [0.2, 0.25) is 5.02 Å². The number of nitrogens with zero attached hydrogens (tertiary/aromatic N) is 1. The zero-order valence-corrected chi connectivity index (χ0v) is 15.4. The van der Waals surface area contributed by atoms with Gasteiger partial charge in [-0.15, -0.1) is 0 Å². The second kappa shape index (κ2) is 10.3. The normalized spacial score (nSPS) is 10.6.